The highest BCUT2D eigenvalue weighted by Gasteiger charge is 2.43. The van der Waals surface area contributed by atoms with Gasteiger partial charge in [0, 0.05) is 36.1 Å². The molecule has 6 heteroatoms. The van der Waals surface area contributed by atoms with E-state index in [1.165, 1.54) is 0 Å². The molecule has 4 rings (SSSR count). The van der Waals surface area contributed by atoms with E-state index in [9.17, 15) is 9.59 Å². The fourth-order valence-electron chi connectivity index (χ4n) is 4.39. The van der Waals surface area contributed by atoms with Gasteiger partial charge in [-0.3, -0.25) is 9.59 Å². The van der Waals surface area contributed by atoms with Crippen LogP contribution in [0.3, 0.4) is 0 Å². The molecule has 0 aliphatic carbocycles. The predicted molar refractivity (Wildman–Crippen MR) is 112 cm³/mol. The maximum Gasteiger partial charge on any atom is 0.228 e. The average molecular weight is 398 g/mol. The van der Waals surface area contributed by atoms with Gasteiger partial charge in [0.05, 0.1) is 12.0 Å². The molecule has 2 fully saturated rings. The van der Waals surface area contributed by atoms with E-state index >= 15 is 0 Å². The van der Waals surface area contributed by atoms with Crippen LogP contribution in [-0.2, 0) is 9.59 Å². The summed E-state index contributed by atoms with van der Waals surface area (Å²) in [6.45, 7) is 3.41. The van der Waals surface area contributed by atoms with Crippen molar-refractivity contribution in [2.75, 3.05) is 18.0 Å². The zero-order valence-electron chi connectivity index (χ0n) is 16.2. The van der Waals surface area contributed by atoms with Gasteiger partial charge >= 0.3 is 0 Å². The van der Waals surface area contributed by atoms with E-state index in [-0.39, 0.29) is 29.8 Å². The van der Waals surface area contributed by atoms with Crippen LogP contribution in [0, 0.1) is 12.8 Å². The number of piperidine rings is 2. The normalized spacial score (nSPS) is 25.8. The summed E-state index contributed by atoms with van der Waals surface area (Å²) in [5.74, 6) is -0.0113. The summed E-state index contributed by atoms with van der Waals surface area (Å²) < 4.78 is 0. The van der Waals surface area contributed by atoms with E-state index in [0.29, 0.717) is 19.4 Å². The van der Waals surface area contributed by atoms with Crippen LogP contribution in [0.2, 0.25) is 0 Å². The predicted octanol–water partition coefficient (Wildman–Crippen LogP) is 3.49. The Balaban J connectivity index is 1.70. The number of carbonyl (C=O) groups excluding carboxylic acids is 2. The van der Waals surface area contributed by atoms with E-state index < -0.39 is 0 Å². The third-order valence-electron chi connectivity index (χ3n) is 5.83. The van der Waals surface area contributed by atoms with Gasteiger partial charge in [-0.15, -0.1) is 11.3 Å². The highest BCUT2D eigenvalue weighted by Crippen LogP contribution is 2.42. The molecule has 2 N–H and O–H groups in total. The van der Waals surface area contributed by atoms with E-state index in [2.05, 4.69) is 0 Å². The van der Waals surface area contributed by atoms with Crippen LogP contribution >= 0.6 is 11.3 Å². The SMILES string of the molecule is Cc1ccc(N2C(=O)CCC(C(=O)N3CCCC(N)C3)C2c2cccs2)cc1. The lowest BCUT2D eigenvalue weighted by Gasteiger charge is -2.43. The number of amides is 2. The van der Waals surface area contributed by atoms with Crippen molar-refractivity contribution in [2.45, 2.75) is 44.7 Å². The lowest BCUT2D eigenvalue weighted by molar-refractivity contribution is -0.139. The molecule has 3 heterocycles. The highest BCUT2D eigenvalue weighted by atomic mass is 32.1. The number of benzene rings is 1. The number of hydrogen-bond donors (Lipinski definition) is 1. The number of rotatable bonds is 3. The molecule has 1 aromatic heterocycles. The van der Waals surface area contributed by atoms with Gasteiger partial charge < -0.3 is 15.5 Å². The second-order valence-electron chi connectivity index (χ2n) is 7.89. The molecule has 2 saturated heterocycles. The largest absolute Gasteiger partial charge is 0.341 e. The minimum Gasteiger partial charge on any atom is -0.341 e. The molecule has 2 aliphatic rings. The van der Waals surface area contributed by atoms with Gasteiger partial charge in [0.2, 0.25) is 11.8 Å². The van der Waals surface area contributed by atoms with Crippen molar-refractivity contribution in [2.24, 2.45) is 11.7 Å². The molecule has 5 nitrogen and oxygen atoms in total. The zero-order valence-corrected chi connectivity index (χ0v) is 17.0. The molecule has 0 spiro atoms. The van der Waals surface area contributed by atoms with Crippen molar-refractivity contribution in [1.29, 1.82) is 0 Å². The number of nitrogens with zero attached hydrogens (tertiary/aromatic N) is 2. The fourth-order valence-corrected chi connectivity index (χ4v) is 5.27. The van der Waals surface area contributed by atoms with Crippen molar-refractivity contribution >= 4 is 28.8 Å². The summed E-state index contributed by atoms with van der Waals surface area (Å²) in [5, 5.41) is 2.01. The van der Waals surface area contributed by atoms with Gasteiger partial charge in [-0.1, -0.05) is 23.8 Å². The number of nitrogens with two attached hydrogens (primary N) is 1. The first-order valence-corrected chi connectivity index (χ1v) is 10.9. The second kappa shape index (κ2) is 8.05. The van der Waals surface area contributed by atoms with Gasteiger partial charge in [0.1, 0.15) is 0 Å². The number of likely N-dealkylation sites (tertiary alicyclic amines) is 1. The Morgan fingerprint density at radius 2 is 1.96 bits per heavy atom. The van der Waals surface area contributed by atoms with Crippen LogP contribution in [0.5, 0.6) is 0 Å². The van der Waals surface area contributed by atoms with Crippen LogP contribution in [0.4, 0.5) is 5.69 Å². The van der Waals surface area contributed by atoms with E-state index in [1.807, 2.05) is 58.5 Å². The lowest BCUT2D eigenvalue weighted by Crippen LogP contribution is -2.52. The zero-order chi connectivity index (χ0) is 19.7. The molecule has 3 atom stereocenters. The summed E-state index contributed by atoms with van der Waals surface area (Å²) in [6, 6.07) is 11.8. The number of hydrogen-bond acceptors (Lipinski definition) is 4. The number of anilines is 1. The Morgan fingerprint density at radius 3 is 2.64 bits per heavy atom. The van der Waals surface area contributed by atoms with Crippen LogP contribution in [0.15, 0.2) is 41.8 Å². The molecule has 148 valence electrons. The first kappa shape index (κ1) is 19.2. The smallest absolute Gasteiger partial charge is 0.228 e. The summed E-state index contributed by atoms with van der Waals surface area (Å²) in [7, 11) is 0. The molecule has 2 amide bonds. The van der Waals surface area contributed by atoms with E-state index in [1.54, 1.807) is 11.3 Å². The van der Waals surface area contributed by atoms with Crippen molar-refractivity contribution in [1.82, 2.24) is 4.90 Å². The Bertz CT molecular complexity index is 834. The minimum atomic E-state index is -0.255. The van der Waals surface area contributed by atoms with Crippen LogP contribution in [0.25, 0.3) is 0 Å². The molecular weight excluding hydrogens is 370 g/mol. The summed E-state index contributed by atoms with van der Waals surface area (Å²) in [6.07, 6.45) is 2.90. The van der Waals surface area contributed by atoms with Crippen molar-refractivity contribution in [3.8, 4) is 0 Å². The third-order valence-corrected chi connectivity index (χ3v) is 6.77. The first-order chi connectivity index (χ1) is 13.5. The molecular formula is C22H27N3O2S. The Labute approximate surface area is 170 Å². The topological polar surface area (TPSA) is 66.6 Å². The molecule has 2 aromatic rings. The van der Waals surface area contributed by atoms with Crippen LogP contribution < -0.4 is 10.6 Å². The highest BCUT2D eigenvalue weighted by molar-refractivity contribution is 7.10. The summed E-state index contributed by atoms with van der Waals surface area (Å²) >= 11 is 1.61. The molecule has 3 unspecified atom stereocenters. The second-order valence-corrected chi connectivity index (χ2v) is 8.87. The van der Waals surface area contributed by atoms with Gasteiger partial charge in [-0.2, -0.15) is 0 Å². The fraction of sp³-hybridized carbons (Fsp3) is 0.455. The number of carbonyl (C=O) groups is 2. The monoisotopic (exact) mass is 397 g/mol. The number of aryl methyl sites for hydroxylation is 1. The maximum absolute atomic E-state index is 13.5. The van der Waals surface area contributed by atoms with Crippen LogP contribution in [0.1, 0.15) is 42.2 Å². The minimum absolute atomic E-state index is 0.0521. The molecule has 1 aromatic carbocycles. The quantitative estimate of drug-likeness (QED) is 0.862. The summed E-state index contributed by atoms with van der Waals surface area (Å²) in [4.78, 5) is 31.3. The number of thiophene rings is 1. The third kappa shape index (κ3) is 3.71. The average Bonchev–Trinajstić information content (AvgIpc) is 3.22. The van der Waals surface area contributed by atoms with Crippen LogP contribution in [-0.4, -0.2) is 35.8 Å². The van der Waals surface area contributed by atoms with E-state index in [0.717, 1.165) is 35.5 Å². The van der Waals surface area contributed by atoms with Gasteiger partial charge in [-0.25, -0.2) is 0 Å². The van der Waals surface area contributed by atoms with Crippen molar-refractivity contribution in [3.63, 3.8) is 0 Å². The van der Waals surface area contributed by atoms with Crippen molar-refractivity contribution in [3.05, 3.63) is 52.2 Å². The molecule has 2 aliphatic heterocycles. The van der Waals surface area contributed by atoms with Gasteiger partial charge in [0.25, 0.3) is 0 Å². The Hall–Kier alpha value is -2.18. The lowest BCUT2D eigenvalue weighted by atomic mass is 9.85. The standard InChI is InChI=1S/C22H27N3O2S/c1-15-6-8-17(9-7-15)25-20(26)11-10-18(21(25)19-5-3-13-28-19)22(27)24-12-2-4-16(23)14-24/h3,5-9,13,16,18,21H,2,4,10-12,14,23H2,1H3. The summed E-state index contributed by atoms with van der Waals surface area (Å²) in [5.41, 5.74) is 8.13. The molecule has 28 heavy (non-hydrogen) atoms. The Kier molecular flexibility index (Phi) is 5.51. The van der Waals surface area contributed by atoms with Crippen molar-refractivity contribution < 1.29 is 9.59 Å². The first-order valence-electron chi connectivity index (χ1n) is 10.0. The van der Waals surface area contributed by atoms with Gasteiger partial charge in [0.15, 0.2) is 0 Å². The molecule has 0 saturated carbocycles. The van der Waals surface area contributed by atoms with Gasteiger partial charge in [-0.05, 0) is 49.8 Å². The molecule has 0 radical (unpaired) electrons. The molecule has 0 bridgehead atoms. The van der Waals surface area contributed by atoms with E-state index in [4.69, 9.17) is 5.73 Å². The maximum atomic E-state index is 13.5. The Morgan fingerprint density at radius 1 is 1.18 bits per heavy atom.